The Morgan fingerprint density at radius 1 is 1.29 bits per heavy atom. The van der Waals surface area contributed by atoms with E-state index in [2.05, 4.69) is 10.2 Å². The van der Waals surface area contributed by atoms with E-state index in [0.717, 1.165) is 13.1 Å². The molecule has 21 heavy (non-hydrogen) atoms. The average molecular weight is 299 g/mol. The fourth-order valence-electron chi connectivity index (χ4n) is 2.99. The number of hydrogen-bond acceptors (Lipinski definition) is 5. The Hall–Kier alpha value is -1.18. The fraction of sp³-hybridized carbons (Fsp3) is 0.857. The maximum absolute atomic E-state index is 12.4. The lowest BCUT2D eigenvalue weighted by Gasteiger charge is -2.28. The van der Waals surface area contributed by atoms with Gasteiger partial charge in [0.2, 0.25) is 11.8 Å². The monoisotopic (exact) mass is 299 g/mol. The van der Waals surface area contributed by atoms with Crippen molar-refractivity contribution in [3.63, 3.8) is 0 Å². The van der Waals surface area contributed by atoms with Crippen LogP contribution < -0.4 is 5.32 Å². The van der Waals surface area contributed by atoms with Crippen molar-refractivity contribution in [3.8, 4) is 0 Å². The van der Waals surface area contributed by atoms with Crippen LogP contribution in [-0.4, -0.2) is 88.3 Å². The third-order valence-electron chi connectivity index (χ3n) is 4.22. The van der Waals surface area contributed by atoms with Crippen LogP contribution in [0.15, 0.2) is 0 Å². The summed E-state index contributed by atoms with van der Waals surface area (Å²) < 4.78 is 10.5. The number of nitrogens with zero attached hydrogens (tertiary/aromatic N) is 2. The van der Waals surface area contributed by atoms with Crippen molar-refractivity contribution in [2.45, 2.75) is 0 Å². The molecule has 0 spiro atoms. The number of nitrogens with one attached hydrogen (secondary N) is 1. The molecule has 0 bridgehead atoms. The summed E-state index contributed by atoms with van der Waals surface area (Å²) in [5.74, 6) is -0.0321. The predicted octanol–water partition coefficient (Wildman–Crippen LogP) is -1.21. The number of likely N-dealkylation sites (tertiary alicyclic amines) is 1. The lowest BCUT2D eigenvalue weighted by molar-refractivity contribution is -0.132. The molecule has 1 N–H and O–H groups in total. The molecule has 2 rings (SSSR count). The van der Waals surface area contributed by atoms with Gasteiger partial charge in [-0.1, -0.05) is 0 Å². The van der Waals surface area contributed by atoms with Crippen LogP contribution in [0.4, 0.5) is 0 Å². The topological polar surface area (TPSA) is 71.1 Å². The molecule has 0 aromatic heterocycles. The maximum Gasteiger partial charge on any atom is 0.236 e. The summed E-state index contributed by atoms with van der Waals surface area (Å²) in [4.78, 5) is 28.2. The van der Waals surface area contributed by atoms with Gasteiger partial charge in [-0.25, -0.2) is 0 Å². The molecule has 0 unspecified atom stereocenters. The largest absolute Gasteiger partial charge is 0.384 e. The molecule has 120 valence electrons. The maximum atomic E-state index is 12.4. The van der Waals surface area contributed by atoms with Gasteiger partial charge in [-0.2, -0.15) is 0 Å². The van der Waals surface area contributed by atoms with Crippen LogP contribution in [0.25, 0.3) is 0 Å². The minimum atomic E-state index is -0.177. The first-order valence-corrected chi connectivity index (χ1v) is 7.44. The van der Waals surface area contributed by atoms with Crippen LogP contribution >= 0.6 is 0 Å². The second-order valence-electron chi connectivity index (χ2n) is 5.62. The van der Waals surface area contributed by atoms with Gasteiger partial charge in [0.05, 0.1) is 32.3 Å². The summed E-state index contributed by atoms with van der Waals surface area (Å²) >= 11 is 0. The molecule has 0 aromatic rings. The summed E-state index contributed by atoms with van der Waals surface area (Å²) in [6.45, 7) is 4.93. The number of amides is 2. The van der Waals surface area contributed by atoms with E-state index in [1.165, 1.54) is 0 Å². The second kappa shape index (κ2) is 7.72. The van der Waals surface area contributed by atoms with E-state index >= 15 is 0 Å². The molecule has 0 saturated carbocycles. The Morgan fingerprint density at radius 2 is 2.00 bits per heavy atom. The van der Waals surface area contributed by atoms with Gasteiger partial charge in [0.1, 0.15) is 0 Å². The summed E-state index contributed by atoms with van der Waals surface area (Å²) in [5.41, 5.74) is 0. The van der Waals surface area contributed by atoms with Gasteiger partial charge in [0, 0.05) is 46.3 Å². The SMILES string of the molecule is CNC(=O)[C@@H]1CN(C(=O)CN2CCOCC2)C[C@H]1COC. The summed E-state index contributed by atoms with van der Waals surface area (Å²) in [6.07, 6.45) is 0. The molecule has 2 aliphatic heterocycles. The van der Waals surface area contributed by atoms with Gasteiger partial charge >= 0.3 is 0 Å². The van der Waals surface area contributed by atoms with Gasteiger partial charge in [-0.3, -0.25) is 14.5 Å². The molecule has 2 heterocycles. The van der Waals surface area contributed by atoms with E-state index in [9.17, 15) is 9.59 Å². The Morgan fingerprint density at radius 3 is 2.62 bits per heavy atom. The molecule has 0 aromatic carbocycles. The highest BCUT2D eigenvalue weighted by Crippen LogP contribution is 2.24. The van der Waals surface area contributed by atoms with Gasteiger partial charge in [-0.05, 0) is 0 Å². The van der Waals surface area contributed by atoms with Crippen LogP contribution in [0.2, 0.25) is 0 Å². The number of hydrogen-bond donors (Lipinski definition) is 1. The van der Waals surface area contributed by atoms with Crippen LogP contribution in [0.1, 0.15) is 0 Å². The Bertz CT molecular complexity index is 371. The van der Waals surface area contributed by atoms with Gasteiger partial charge in [0.25, 0.3) is 0 Å². The summed E-state index contributed by atoms with van der Waals surface area (Å²) in [7, 11) is 3.25. The summed E-state index contributed by atoms with van der Waals surface area (Å²) in [6, 6.07) is 0. The molecule has 2 aliphatic rings. The molecule has 0 radical (unpaired) electrons. The van der Waals surface area contributed by atoms with Crippen LogP contribution in [0.3, 0.4) is 0 Å². The zero-order valence-electron chi connectivity index (χ0n) is 12.8. The standard InChI is InChI=1S/C14H25N3O4/c1-15-14(19)12-8-17(7-11(12)10-20-2)13(18)9-16-3-5-21-6-4-16/h11-12H,3-10H2,1-2H3,(H,15,19)/t11-,12+/m0/s1. The number of rotatable bonds is 5. The third kappa shape index (κ3) is 4.15. The molecule has 7 heteroatoms. The predicted molar refractivity (Wildman–Crippen MR) is 76.8 cm³/mol. The number of morpholine rings is 1. The highest BCUT2D eigenvalue weighted by molar-refractivity contribution is 5.83. The number of methoxy groups -OCH3 is 1. The first kappa shape index (κ1) is 16.2. The van der Waals surface area contributed by atoms with Crippen molar-refractivity contribution in [2.75, 3.05) is 66.7 Å². The van der Waals surface area contributed by atoms with Crippen LogP contribution in [0, 0.1) is 11.8 Å². The van der Waals surface area contributed by atoms with Crippen LogP contribution in [-0.2, 0) is 19.1 Å². The summed E-state index contributed by atoms with van der Waals surface area (Å²) in [5, 5.41) is 2.68. The van der Waals surface area contributed by atoms with Gasteiger partial charge in [-0.15, -0.1) is 0 Å². The first-order chi connectivity index (χ1) is 10.2. The van der Waals surface area contributed by atoms with E-state index < -0.39 is 0 Å². The van der Waals surface area contributed by atoms with E-state index in [1.54, 1.807) is 19.1 Å². The molecule has 2 saturated heterocycles. The van der Waals surface area contributed by atoms with Crippen molar-refractivity contribution in [1.82, 2.24) is 15.1 Å². The first-order valence-electron chi connectivity index (χ1n) is 7.44. The van der Waals surface area contributed by atoms with Crippen molar-refractivity contribution in [1.29, 1.82) is 0 Å². The number of carbonyl (C=O) groups excluding carboxylic acids is 2. The zero-order chi connectivity index (χ0) is 15.2. The van der Waals surface area contributed by atoms with E-state index in [1.807, 2.05) is 0 Å². The van der Waals surface area contributed by atoms with Crippen LogP contribution in [0.5, 0.6) is 0 Å². The molecule has 2 amide bonds. The lowest BCUT2D eigenvalue weighted by Crippen LogP contribution is -2.44. The molecule has 7 nitrogen and oxygen atoms in total. The molecule has 2 atom stereocenters. The third-order valence-corrected chi connectivity index (χ3v) is 4.22. The zero-order valence-corrected chi connectivity index (χ0v) is 12.8. The fourth-order valence-corrected chi connectivity index (χ4v) is 2.99. The van der Waals surface area contributed by atoms with Crippen molar-refractivity contribution in [2.24, 2.45) is 11.8 Å². The van der Waals surface area contributed by atoms with E-state index in [-0.39, 0.29) is 23.7 Å². The molecular weight excluding hydrogens is 274 g/mol. The normalized spacial score (nSPS) is 26.9. The van der Waals surface area contributed by atoms with Crippen molar-refractivity contribution in [3.05, 3.63) is 0 Å². The Balaban J connectivity index is 1.90. The Labute approximate surface area is 125 Å². The highest BCUT2D eigenvalue weighted by atomic mass is 16.5. The van der Waals surface area contributed by atoms with Gasteiger partial charge in [0.15, 0.2) is 0 Å². The average Bonchev–Trinajstić information content (AvgIpc) is 2.92. The number of carbonyl (C=O) groups is 2. The van der Waals surface area contributed by atoms with Crippen molar-refractivity contribution >= 4 is 11.8 Å². The second-order valence-corrected chi connectivity index (χ2v) is 5.62. The quantitative estimate of drug-likeness (QED) is 0.689. The highest BCUT2D eigenvalue weighted by Gasteiger charge is 2.39. The lowest BCUT2D eigenvalue weighted by atomic mass is 9.96. The van der Waals surface area contributed by atoms with Crippen molar-refractivity contribution < 1.29 is 19.1 Å². The van der Waals surface area contributed by atoms with E-state index in [0.29, 0.717) is 39.5 Å². The number of ether oxygens (including phenoxy) is 2. The van der Waals surface area contributed by atoms with E-state index in [4.69, 9.17) is 9.47 Å². The smallest absolute Gasteiger partial charge is 0.236 e. The van der Waals surface area contributed by atoms with Gasteiger partial charge < -0.3 is 19.7 Å². The minimum absolute atomic E-state index is 0.0151. The minimum Gasteiger partial charge on any atom is -0.384 e. The molecule has 0 aliphatic carbocycles. The molecule has 2 fully saturated rings. The molecular formula is C14H25N3O4. The Kier molecular flexibility index (Phi) is 5.96.